The SMILES string of the molecule is N[C@@H](CC1CC1)c1ccc(C(F)(F)F)c(Cl)c1. The molecule has 0 bridgehead atoms. The Balaban J connectivity index is 2.17. The predicted molar refractivity (Wildman–Crippen MR) is 60.7 cm³/mol. The van der Waals surface area contributed by atoms with Gasteiger partial charge in [0.2, 0.25) is 0 Å². The number of alkyl halides is 3. The fraction of sp³-hybridized carbons (Fsp3) is 0.500. The maximum Gasteiger partial charge on any atom is 0.417 e. The van der Waals surface area contributed by atoms with E-state index < -0.39 is 11.7 Å². The minimum absolute atomic E-state index is 0.220. The Labute approximate surface area is 103 Å². The van der Waals surface area contributed by atoms with Crippen molar-refractivity contribution < 1.29 is 13.2 Å². The Kier molecular flexibility index (Phi) is 3.36. The molecule has 1 nitrogen and oxygen atoms in total. The molecule has 17 heavy (non-hydrogen) atoms. The van der Waals surface area contributed by atoms with Gasteiger partial charge in [-0.15, -0.1) is 0 Å². The molecule has 0 aliphatic heterocycles. The first kappa shape index (κ1) is 12.7. The van der Waals surface area contributed by atoms with Crippen molar-refractivity contribution in [3.05, 3.63) is 34.3 Å². The highest BCUT2D eigenvalue weighted by molar-refractivity contribution is 6.31. The van der Waals surface area contributed by atoms with Gasteiger partial charge in [0.15, 0.2) is 0 Å². The number of hydrogen-bond donors (Lipinski definition) is 1. The molecule has 0 aromatic heterocycles. The third-order valence-corrected chi connectivity index (χ3v) is 3.32. The zero-order chi connectivity index (χ0) is 12.6. The van der Waals surface area contributed by atoms with Crippen molar-refractivity contribution in [3.8, 4) is 0 Å². The van der Waals surface area contributed by atoms with E-state index in [0.717, 1.165) is 12.5 Å². The lowest BCUT2D eigenvalue weighted by Gasteiger charge is -2.14. The average molecular weight is 264 g/mol. The molecule has 0 saturated heterocycles. The van der Waals surface area contributed by atoms with Crippen LogP contribution in [-0.2, 0) is 6.18 Å². The Morgan fingerprint density at radius 2 is 2.00 bits per heavy atom. The first-order valence-corrected chi connectivity index (χ1v) is 5.88. The van der Waals surface area contributed by atoms with Gasteiger partial charge in [0.25, 0.3) is 0 Å². The smallest absolute Gasteiger partial charge is 0.324 e. The zero-order valence-electron chi connectivity index (χ0n) is 9.10. The van der Waals surface area contributed by atoms with Crippen LogP contribution in [0.5, 0.6) is 0 Å². The van der Waals surface area contributed by atoms with Gasteiger partial charge in [0.1, 0.15) is 0 Å². The predicted octanol–water partition coefficient (Wildman–Crippen LogP) is 4.16. The molecule has 2 rings (SSSR count). The van der Waals surface area contributed by atoms with Crippen LogP contribution in [0.15, 0.2) is 18.2 Å². The van der Waals surface area contributed by atoms with Crippen LogP contribution in [-0.4, -0.2) is 0 Å². The molecule has 1 saturated carbocycles. The maximum atomic E-state index is 12.5. The highest BCUT2D eigenvalue weighted by Crippen LogP contribution is 2.39. The van der Waals surface area contributed by atoms with Crippen molar-refractivity contribution in [2.45, 2.75) is 31.5 Å². The van der Waals surface area contributed by atoms with Crippen LogP contribution in [0.1, 0.15) is 36.4 Å². The summed E-state index contributed by atoms with van der Waals surface area (Å²) in [5.41, 5.74) is 5.80. The van der Waals surface area contributed by atoms with Gasteiger partial charge in [-0.2, -0.15) is 13.2 Å². The van der Waals surface area contributed by atoms with Crippen molar-refractivity contribution in [1.82, 2.24) is 0 Å². The first-order chi connectivity index (χ1) is 7.88. The second-order valence-electron chi connectivity index (χ2n) is 4.52. The minimum atomic E-state index is -4.41. The summed E-state index contributed by atoms with van der Waals surface area (Å²) in [4.78, 5) is 0. The Bertz CT molecular complexity index is 413. The van der Waals surface area contributed by atoms with Crippen LogP contribution in [0.25, 0.3) is 0 Å². The van der Waals surface area contributed by atoms with Crippen LogP contribution < -0.4 is 5.73 Å². The van der Waals surface area contributed by atoms with Gasteiger partial charge in [-0.05, 0) is 30.0 Å². The van der Waals surface area contributed by atoms with Crippen molar-refractivity contribution in [3.63, 3.8) is 0 Å². The summed E-state index contributed by atoms with van der Waals surface area (Å²) in [5.74, 6) is 0.631. The fourth-order valence-corrected chi connectivity index (χ4v) is 2.14. The quantitative estimate of drug-likeness (QED) is 0.871. The molecule has 0 unspecified atom stereocenters. The molecule has 0 radical (unpaired) electrons. The monoisotopic (exact) mass is 263 g/mol. The molecule has 0 amide bonds. The van der Waals surface area contributed by atoms with E-state index in [1.165, 1.54) is 25.0 Å². The Morgan fingerprint density at radius 3 is 2.47 bits per heavy atom. The van der Waals surface area contributed by atoms with Crippen LogP contribution in [0.2, 0.25) is 5.02 Å². The number of halogens is 4. The van der Waals surface area contributed by atoms with E-state index >= 15 is 0 Å². The van der Waals surface area contributed by atoms with Gasteiger partial charge >= 0.3 is 6.18 Å². The maximum absolute atomic E-state index is 12.5. The van der Waals surface area contributed by atoms with E-state index in [1.54, 1.807) is 0 Å². The van der Waals surface area contributed by atoms with Crippen molar-refractivity contribution in [2.24, 2.45) is 11.7 Å². The summed E-state index contributed by atoms with van der Waals surface area (Å²) < 4.78 is 37.5. The summed E-state index contributed by atoms with van der Waals surface area (Å²) in [5, 5.41) is -0.277. The molecule has 1 aliphatic rings. The topological polar surface area (TPSA) is 26.0 Å². The van der Waals surface area contributed by atoms with Gasteiger partial charge in [0, 0.05) is 6.04 Å². The largest absolute Gasteiger partial charge is 0.417 e. The van der Waals surface area contributed by atoms with Crippen LogP contribution in [0, 0.1) is 5.92 Å². The minimum Gasteiger partial charge on any atom is -0.324 e. The molecule has 5 heteroatoms. The molecule has 1 aromatic carbocycles. The molecule has 1 atom stereocenters. The van der Waals surface area contributed by atoms with Crippen LogP contribution >= 0.6 is 11.6 Å². The summed E-state index contributed by atoms with van der Waals surface area (Å²) in [6.45, 7) is 0. The molecule has 1 aromatic rings. The number of rotatable bonds is 3. The van der Waals surface area contributed by atoms with Crippen molar-refractivity contribution in [2.75, 3.05) is 0 Å². The second kappa shape index (κ2) is 4.50. The second-order valence-corrected chi connectivity index (χ2v) is 4.93. The lowest BCUT2D eigenvalue weighted by molar-refractivity contribution is -0.137. The summed E-state index contributed by atoms with van der Waals surface area (Å²) >= 11 is 5.63. The van der Waals surface area contributed by atoms with E-state index in [0.29, 0.717) is 11.5 Å². The molecular formula is C12H13ClF3N. The van der Waals surface area contributed by atoms with Gasteiger partial charge < -0.3 is 5.73 Å². The lowest BCUT2D eigenvalue weighted by atomic mass is 10.0. The van der Waals surface area contributed by atoms with E-state index in [9.17, 15) is 13.2 Å². The Hall–Kier alpha value is -0.740. The highest BCUT2D eigenvalue weighted by Gasteiger charge is 2.33. The normalized spacial score (nSPS) is 18.2. The van der Waals surface area contributed by atoms with Gasteiger partial charge in [0.05, 0.1) is 10.6 Å². The van der Waals surface area contributed by atoms with Crippen LogP contribution in [0.4, 0.5) is 13.2 Å². The molecular weight excluding hydrogens is 251 g/mol. The summed E-state index contributed by atoms with van der Waals surface area (Å²) in [6, 6.07) is 3.53. The van der Waals surface area contributed by atoms with Crippen molar-refractivity contribution in [1.29, 1.82) is 0 Å². The fourth-order valence-electron chi connectivity index (χ4n) is 1.84. The van der Waals surface area contributed by atoms with Crippen molar-refractivity contribution >= 4 is 11.6 Å². The molecule has 1 fully saturated rings. The molecule has 1 aliphatic carbocycles. The highest BCUT2D eigenvalue weighted by atomic mass is 35.5. The van der Waals surface area contributed by atoms with E-state index in [2.05, 4.69) is 0 Å². The third-order valence-electron chi connectivity index (χ3n) is 3.01. The number of nitrogens with two attached hydrogens (primary N) is 1. The van der Waals surface area contributed by atoms with E-state index in [-0.39, 0.29) is 11.1 Å². The summed E-state index contributed by atoms with van der Waals surface area (Å²) in [7, 11) is 0. The molecule has 0 spiro atoms. The average Bonchev–Trinajstić information content (AvgIpc) is 2.99. The first-order valence-electron chi connectivity index (χ1n) is 5.50. The number of hydrogen-bond acceptors (Lipinski definition) is 1. The lowest BCUT2D eigenvalue weighted by Crippen LogP contribution is -2.12. The van der Waals surface area contributed by atoms with Gasteiger partial charge in [-0.25, -0.2) is 0 Å². The van der Waals surface area contributed by atoms with Crippen LogP contribution in [0.3, 0.4) is 0 Å². The molecule has 0 heterocycles. The van der Waals surface area contributed by atoms with Gasteiger partial charge in [-0.1, -0.05) is 30.5 Å². The molecule has 94 valence electrons. The standard InChI is InChI=1S/C12H13ClF3N/c13-10-6-8(11(17)5-7-1-2-7)3-4-9(10)12(14,15)16/h3-4,6-7,11H,1-2,5,17H2/t11-/m0/s1. The third kappa shape index (κ3) is 3.13. The summed E-state index contributed by atoms with van der Waals surface area (Å²) in [6.07, 6.45) is -1.25. The molecule has 2 N–H and O–H groups in total. The zero-order valence-corrected chi connectivity index (χ0v) is 9.85. The Morgan fingerprint density at radius 1 is 1.35 bits per heavy atom. The van der Waals surface area contributed by atoms with Gasteiger partial charge in [-0.3, -0.25) is 0 Å². The number of benzene rings is 1. The van der Waals surface area contributed by atoms with E-state index in [4.69, 9.17) is 17.3 Å². The van der Waals surface area contributed by atoms with E-state index in [1.807, 2.05) is 0 Å².